The molecular weight excluding hydrogens is 476 g/mol. The number of rotatable bonds is 14. The van der Waals surface area contributed by atoms with Crippen molar-refractivity contribution in [3.05, 3.63) is 90.0 Å². The molecule has 1 fully saturated rings. The number of carbonyl (C=O) groups is 1. The number of esters is 1. The van der Waals surface area contributed by atoms with Gasteiger partial charge in [0.1, 0.15) is 5.75 Å². The van der Waals surface area contributed by atoms with Crippen LogP contribution in [0.5, 0.6) is 5.75 Å². The monoisotopic (exact) mass is 524 g/mol. The van der Waals surface area contributed by atoms with Gasteiger partial charge in [0.05, 0.1) is 5.92 Å². The molecule has 1 aliphatic rings. The van der Waals surface area contributed by atoms with Crippen molar-refractivity contribution in [2.45, 2.75) is 103 Å². The van der Waals surface area contributed by atoms with Gasteiger partial charge in [-0.3, -0.25) is 4.79 Å². The molecule has 2 nitrogen and oxygen atoms in total. The Morgan fingerprint density at radius 1 is 0.769 bits per heavy atom. The Balaban J connectivity index is 1.18. The summed E-state index contributed by atoms with van der Waals surface area (Å²) in [7, 11) is 0. The van der Waals surface area contributed by atoms with Gasteiger partial charge in [-0.25, -0.2) is 0 Å². The second-order valence-electron chi connectivity index (χ2n) is 11.6. The first kappa shape index (κ1) is 29.1. The van der Waals surface area contributed by atoms with Crippen molar-refractivity contribution in [1.29, 1.82) is 0 Å². The van der Waals surface area contributed by atoms with E-state index in [1.165, 1.54) is 80.0 Å². The fourth-order valence-electron chi connectivity index (χ4n) is 6.19. The molecule has 0 aromatic heterocycles. The zero-order chi connectivity index (χ0) is 27.3. The molecule has 0 saturated heterocycles. The number of hydrogen-bond acceptors (Lipinski definition) is 2. The van der Waals surface area contributed by atoms with Gasteiger partial charge in [-0.2, -0.15) is 0 Å². The van der Waals surface area contributed by atoms with Crippen molar-refractivity contribution in [3.63, 3.8) is 0 Å². The Bertz CT molecular complexity index is 1090. The maximum absolute atomic E-state index is 12.9. The van der Waals surface area contributed by atoms with Crippen molar-refractivity contribution in [1.82, 2.24) is 0 Å². The van der Waals surface area contributed by atoms with Gasteiger partial charge in [-0.15, -0.1) is 0 Å². The van der Waals surface area contributed by atoms with Crippen molar-refractivity contribution >= 4 is 5.97 Å². The fraction of sp³-hybridized carbons (Fsp3) is 0.486. The van der Waals surface area contributed by atoms with E-state index in [0.717, 1.165) is 31.6 Å². The van der Waals surface area contributed by atoms with Crippen LogP contribution in [0.3, 0.4) is 0 Å². The summed E-state index contributed by atoms with van der Waals surface area (Å²) in [6, 6.07) is 27.7. The quantitative estimate of drug-likeness (QED) is 0.119. The molecule has 0 spiro atoms. The average molecular weight is 525 g/mol. The van der Waals surface area contributed by atoms with Crippen LogP contribution in [0.1, 0.15) is 108 Å². The third-order valence-corrected chi connectivity index (χ3v) is 8.79. The van der Waals surface area contributed by atoms with Gasteiger partial charge in [-0.05, 0) is 97.6 Å². The fourth-order valence-corrected chi connectivity index (χ4v) is 6.19. The molecule has 2 heteroatoms. The van der Waals surface area contributed by atoms with Crippen LogP contribution in [-0.4, -0.2) is 5.97 Å². The summed E-state index contributed by atoms with van der Waals surface area (Å²) in [6.45, 7) is 4.37. The lowest BCUT2D eigenvalue weighted by atomic mass is 9.77. The molecule has 0 radical (unpaired) electrons. The summed E-state index contributed by atoms with van der Waals surface area (Å²) < 4.78 is 5.82. The van der Waals surface area contributed by atoms with Crippen LogP contribution in [0, 0.1) is 11.8 Å². The molecule has 0 heterocycles. The minimum atomic E-state index is -0.0896. The number of hydrogen-bond donors (Lipinski definition) is 0. The van der Waals surface area contributed by atoms with Crippen LogP contribution in [-0.2, 0) is 11.2 Å². The second-order valence-corrected chi connectivity index (χ2v) is 11.6. The van der Waals surface area contributed by atoms with Crippen LogP contribution in [0.25, 0.3) is 11.1 Å². The van der Waals surface area contributed by atoms with Gasteiger partial charge < -0.3 is 4.74 Å². The van der Waals surface area contributed by atoms with Crippen LogP contribution >= 0.6 is 0 Å². The number of benzene rings is 3. The smallest absolute Gasteiger partial charge is 0.314 e. The predicted molar refractivity (Wildman–Crippen MR) is 164 cm³/mol. The highest BCUT2D eigenvalue weighted by Crippen LogP contribution is 2.38. The van der Waals surface area contributed by atoms with Gasteiger partial charge in [0.2, 0.25) is 0 Å². The van der Waals surface area contributed by atoms with Crippen molar-refractivity contribution in [2.75, 3.05) is 0 Å². The van der Waals surface area contributed by atoms with E-state index in [2.05, 4.69) is 74.5 Å². The van der Waals surface area contributed by atoms with Gasteiger partial charge in [0.15, 0.2) is 0 Å². The molecule has 1 atom stereocenters. The molecule has 0 N–H and O–H groups in total. The van der Waals surface area contributed by atoms with Crippen LogP contribution < -0.4 is 4.74 Å². The Morgan fingerprint density at radius 3 is 2.13 bits per heavy atom. The zero-order valence-corrected chi connectivity index (χ0v) is 24.2. The summed E-state index contributed by atoms with van der Waals surface area (Å²) in [5.41, 5.74) is 5.21. The first-order valence-corrected chi connectivity index (χ1v) is 15.6. The maximum Gasteiger partial charge on any atom is 0.314 e. The topological polar surface area (TPSA) is 26.3 Å². The largest absolute Gasteiger partial charge is 0.426 e. The Morgan fingerprint density at radius 2 is 1.46 bits per heavy atom. The first-order valence-electron chi connectivity index (χ1n) is 15.6. The molecule has 1 aliphatic carbocycles. The lowest BCUT2D eigenvalue weighted by Crippen LogP contribution is -2.20. The average Bonchev–Trinajstić information content (AvgIpc) is 2.99. The third kappa shape index (κ3) is 9.09. The van der Waals surface area contributed by atoms with Gasteiger partial charge in [0, 0.05) is 0 Å². The molecule has 0 aliphatic heterocycles. The second kappa shape index (κ2) is 15.7. The van der Waals surface area contributed by atoms with Gasteiger partial charge in [-0.1, -0.05) is 113 Å². The summed E-state index contributed by atoms with van der Waals surface area (Å²) in [4.78, 5) is 12.9. The third-order valence-electron chi connectivity index (χ3n) is 8.79. The van der Waals surface area contributed by atoms with E-state index in [9.17, 15) is 4.79 Å². The van der Waals surface area contributed by atoms with Crippen molar-refractivity contribution in [2.24, 2.45) is 11.8 Å². The highest BCUT2D eigenvalue weighted by atomic mass is 16.5. The standard InChI is InChI=1S/C37H48O2/c1-3-5-6-8-12-29-17-23-34(24-18-29)35-25-27-36(28-26-35)39-37(38)31(4-2)16-11-13-30-19-21-33(22-20-30)32-14-9-7-10-15-32/h7,9-10,14-15,19-22,25-29,31,34H,3-6,8,11-13,16-18,23-24H2,1-2H3. The van der Waals surface area contributed by atoms with Gasteiger partial charge in [0.25, 0.3) is 0 Å². The molecule has 0 amide bonds. The van der Waals surface area contributed by atoms with E-state index >= 15 is 0 Å². The highest BCUT2D eigenvalue weighted by Gasteiger charge is 2.23. The summed E-state index contributed by atoms with van der Waals surface area (Å²) in [5.74, 6) is 2.13. The highest BCUT2D eigenvalue weighted by molar-refractivity contribution is 5.75. The molecule has 4 rings (SSSR count). The predicted octanol–water partition coefficient (Wildman–Crippen LogP) is 10.6. The molecule has 39 heavy (non-hydrogen) atoms. The molecular formula is C37H48O2. The molecule has 208 valence electrons. The maximum atomic E-state index is 12.9. The lowest BCUT2D eigenvalue weighted by Gasteiger charge is -2.29. The van der Waals surface area contributed by atoms with E-state index in [0.29, 0.717) is 11.7 Å². The SMILES string of the molecule is CCCCCCC1CCC(c2ccc(OC(=O)C(CC)CCCc3ccc(-c4ccccc4)cc3)cc2)CC1. The number of ether oxygens (including phenoxy) is 1. The number of aryl methyl sites for hydroxylation is 1. The van der Waals surface area contributed by atoms with E-state index in [1.807, 2.05) is 18.2 Å². The van der Waals surface area contributed by atoms with E-state index in [4.69, 9.17) is 4.74 Å². The van der Waals surface area contributed by atoms with E-state index in [1.54, 1.807) is 0 Å². The minimum absolute atomic E-state index is 0.0547. The zero-order valence-electron chi connectivity index (χ0n) is 24.2. The Labute approximate surface area is 237 Å². The molecule has 3 aromatic carbocycles. The van der Waals surface area contributed by atoms with Crippen molar-refractivity contribution < 1.29 is 9.53 Å². The number of unbranched alkanes of at least 4 members (excludes halogenated alkanes) is 3. The molecule has 0 bridgehead atoms. The normalized spacial score (nSPS) is 18.0. The van der Waals surface area contributed by atoms with E-state index in [-0.39, 0.29) is 11.9 Å². The summed E-state index contributed by atoms with van der Waals surface area (Å²) in [5, 5.41) is 0. The van der Waals surface area contributed by atoms with Crippen molar-refractivity contribution in [3.8, 4) is 16.9 Å². The minimum Gasteiger partial charge on any atom is -0.426 e. The molecule has 3 aromatic rings. The van der Waals surface area contributed by atoms with Crippen LogP contribution in [0.15, 0.2) is 78.9 Å². The Kier molecular flexibility index (Phi) is 11.7. The summed E-state index contributed by atoms with van der Waals surface area (Å²) in [6.07, 6.45) is 15.9. The van der Waals surface area contributed by atoms with Crippen LogP contribution in [0.2, 0.25) is 0 Å². The number of carbonyl (C=O) groups excluding carboxylic acids is 1. The van der Waals surface area contributed by atoms with Crippen LogP contribution in [0.4, 0.5) is 0 Å². The van der Waals surface area contributed by atoms with Gasteiger partial charge >= 0.3 is 5.97 Å². The molecule has 1 saturated carbocycles. The Hall–Kier alpha value is -2.87. The summed E-state index contributed by atoms with van der Waals surface area (Å²) >= 11 is 0. The molecule has 1 unspecified atom stereocenters. The van der Waals surface area contributed by atoms with E-state index < -0.39 is 0 Å². The lowest BCUT2D eigenvalue weighted by molar-refractivity contribution is -0.139. The first-order chi connectivity index (χ1) is 19.2.